The number of aryl methyl sites for hydroxylation is 2. The number of carbonyl (C=O) groups excluding carboxylic acids is 3. The van der Waals surface area contributed by atoms with Crippen LogP contribution in [0.25, 0.3) is 11.1 Å². The summed E-state index contributed by atoms with van der Waals surface area (Å²) in [6.07, 6.45) is 1.48. The topological polar surface area (TPSA) is 88.3 Å². The van der Waals surface area contributed by atoms with Crippen molar-refractivity contribution in [2.24, 2.45) is 0 Å². The van der Waals surface area contributed by atoms with E-state index in [-0.39, 0.29) is 24.4 Å². The van der Waals surface area contributed by atoms with E-state index in [9.17, 15) is 14.4 Å². The fourth-order valence-electron chi connectivity index (χ4n) is 2.62. The Labute approximate surface area is 152 Å². The molecule has 0 unspecified atom stereocenters. The first-order chi connectivity index (χ1) is 12.4. The first-order valence-electron chi connectivity index (χ1n) is 8.30. The van der Waals surface area contributed by atoms with Crippen LogP contribution in [0.4, 0.5) is 0 Å². The van der Waals surface area contributed by atoms with Gasteiger partial charge < -0.3 is 15.0 Å². The Morgan fingerprint density at radius 1 is 1.19 bits per heavy atom. The fourth-order valence-corrected chi connectivity index (χ4v) is 2.62. The summed E-state index contributed by atoms with van der Waals surface area (Å²) in [5.41, 5.74) is 2.86. The number of nitrogens with one attached hydrogen (secondary N) is 2. The second-order valence-electron chi connectivity index (χ2n) is 5.79. The second kappa shape index (κ2) is 8.29. The maximum absolute atomic E-state index is 12.6. The Morgan fingerprint density at radius 2 is 1.85 bits per heavy atom. The Morgan fingerprint density at radius 3 is 2.42 bits per heavy atom. The van der Waals surface area contributed by atoms with Gasteiger partial charge in [-0.05, 0) is 26.3 Å². The largest absolute Gasteiger partial charge is 0.462 e. The van der Waals surface area contributed by atoms with Crippen molar-refractivity contribution in [3.63, 3.8) is 0 Å². The van der Waals surface area contributed by atoms with Gasteiger partial charge in [-0.1, -0.05) is 35.9 Å². The summed E-state index contributed by atoms with van der Waals surface area (Å²) in [6.45, 7) is 9.20. The SMILES string of the molecule is C=CCNC(=O)C(=O)c1[nH]c(C)c(C(=O)OCC)c1-c1ccc(C)cc1. The predicted molar refractivity (Wildman–Crippen MR) is 99.2 cm³/mol. The third kappa shape index (κ3) is 3.91. The summed E-state index contributed by atoms with van der Waals surface area (Å²) in [4.78, 5) is 40.1. The molecule has 2 aromatic rings. The number of rotatable bonds is 7. The number of hydrogen-bond acceptors (Lipinski definition) is 4. The molecule has 0 radical (unpaired) electrons. The second-order valence-corrected chi connectivity index (χ2v) is 5.79. The minimum absolute atomic E-state index is 0.0657. The van der Waals surface area contributed by atoms with E-state index in [2.05, 4.69) is 16.9 Å². The first kappa shape index (κ1) is 19.2. The minimum Gasteiger partial charge on any atom is -0.462 e. The number of H-pyrrole nitrogens is 1. The van der Waals surface area contributed by atoms with Crippen molar-refractivity contribution in [2.45, 2.75) is 20.8 Å². The van der Waals surface area contributed by atoms with Gasteiger partial charge in [-0.3, -0.25) is 9.59 Å². The lowest BCUT2D eigenvalue weighted by Crippen LogP contribution is -2.31. The number of benzene rings is 1. The zero-order valence-corrected chi connectivity index (χ0v) is 15.1. The summed E-state index contributed by atoms with van der Waals surface area (Å²) >= 11 is 0. The Bertz CT molecular complexity index is 847. The first-order valence-corrected chi connectivity index (χ1v) is 8.30. The number of ether oxygens (including phenoxy) is 1. The Kier molecular flexibility index (Phi) is 6.11. The number of aromatic amines is 1. The average molecular weight is 354 g/mol. The van der Waals surface area contributed by atoms with Gasteiger partial charge in [0.2, 0.25) is 0 Å². The molecule has 1 heterocycles. The molecule has 0 aliphatic heterocycles. The van der Waals surface area contributed by atoms with Crippen LogP contribution in [0.3, 0.4) is 0 Å². The van der Waals surface area contributed by atoms with Crippen molar-refractivity contribution in [1.29, 1.82) is 0 Å². The third-order valence-corrected chi connectivity index (χ3v) is 3.85. The highest BCUT2D eigenvalue weighted by molar-refractivity contribution is 6.43. The lowest BCUT2D eigenvalue weighted by Gasteiger charge is -2.08. The molecule has 0 bridgehead atoms. The molecule has 2 N–H and O–H groups in total. The van der Waals surface area contributed by atoms with Crippen LogP contribution >= 0.6 is 0 Å². The summed E-state index contributed by atoms with van der Waals surface area (Å²) in [6, 6.07) is 7.36. The third-order valence-electron chi connectivity index (χ3n) is 3.85. The van der Waals surface area contributed by atoms with Gasteiger partial charge in [0.05, 0.1) is 12.2 Å². The number of carbonyl (C=O) groups is 3. The zero-order valence-electron chi connectivity index (χ0n) is 15.1. The van der Waals surface area contributed by atoms with Crippen LogP contribution in [0.15, 0.2) is 36.9 Å². The van der Waals surface area contributed by atoms with Crippen LogP contribution < -0.4 is 5.32 Å². The summed E-state index contributed by atoms with van der Waals surface area (Å²) in [5, 5.41) is 2.46. The smallest absolute Gasteiger partial charge is 0.340 e. The number of Topliss-reactive ketones (excluding diaryl/α,β-unsaturated/α-hetero) is 1. The van der Waals surface area contributed by atoms with Gasteiger partial charge in [-0.25, -0.2) is 4.79 Å². The fraction of sp³-hybridized carbons (Fsp3) is 0.250. The van der Waals surface area contributed by atoms with E-state index in [0.717, 1.165) is 5.56 Å². The van der Waals surface area contributed by atoms with E-state index >= 15 is 0 Å². The number of ketones is 1. The van der Waals surface area contributed by atoms with Crippen LogP contribution in [0.1, 0.15) is 39.0 Å². The van der Waals surface area contributed by atoms with Crippen molar-refractivity contribution < 1.29 is 19.1 Å². The summed E-state index contributed by atoms with van der Waals surface area (Å²) < 4.78 is 5.13. The highest BCUT2D eigenvalue weighted by atomic mass is 16.5. The molecule has 0 aliphatic rings. The van der Waals surface area contributed by atoms with Gasteiger partial charge >= 0.3 is 5.97 Å². The lowest BCUT2D eigenvalue weighted by molar-refractivity contribution is -0.116. The molecule has 2 rings (SSSR count). The van der Waals surface area contributed by atoms with Gasteiger partial charge in [0.25, 0.3) is 11.7 Å². The van der Waals surface area contributed by atoms with Gasteiger partial charge in [0.1, 0.15) is 5.69 Å². The van der Waals surface area contributed by atoms with Crippen LogP contribution in [0, 0.1) is 13.8 Å². The number of amides is 1. The maximum Gasteiger partial charge on any atom is 0.340 e. The van der Waals surface area contributed by atoms with E-state index in [4.69, 9.17) is 4.74 Å². The van der Waals surface area contributed by atoms with Crippen molar-refractivity contribution in [2.75, 3.05) is 13.2 Å². The molecule has 0 saturated carbocycles. The highest BCUT2D eigenvalue weighted by Crippen LogP contribution is 2.31. The molecular weight excluding hydrogens is 332 g/mol. The number of esters is 1. The molecule has 0 fully saturated rings. The molecule has 1 amide bonds. The molecule has 26 heavy (non-hydrogen) atoms. The van der Waals surface area contributed by atoms with E-state index in [1.807, 2.05) is 19.1 Å². The molecule has 0 saturated heterocycles. The molecule has 0 aliphatic carbocycles. The van der Waals surface area contributed by atoms with E-state index in [0.29, 0.717) is 16.8 Å². The van der Waals surface area contributed by atoms with Crippen LogP contribution in [-0.2, 0) is 9.53 Å². The van der Waals surface area contributed by atoms with Crippen LogP contribution in [0.5, 0.6) is 0 Å². The highest BCUT2D eigenvalue weighted by Gasteiger charge is 2.29. The normalized spacial score (nSPS) is 10.3. The minimum atomic E-state index is -0.769. The maximum atomic E-state index is 12.6. The monoisotopic (exact) mass is 354 g/mol. The average Bonchev–Trinajstić information content (AvgIpc) is 2.97. The molecule has 0 spiro atoms. The molecule has 6 nitrogen and oxygen atoms in total. The zero-order chi connectivity index (χ0) is 19.3. The van der Waals surface area contributed by atoms with Crippen molar-refractivity contribution in [1.82, 2.24) is 10.3 Å². The lowest BCUT2D eigenvalue weighted by atomic mass is 9.97. The van der Waals surface area contributed by atoms with Crippen LogP contribution in [0.2, 0.25) is 0 Å². The molecular formula is C20H22N2O4. The van der Waals surface area contributed by atoms with Crippen LogP contribution in [-0.4, -0.2) is 35.8 Å². The predicted octanol–water partition coefficient (Wildman–Crippen LogP) is 2.96. The number of hydrogen-bond donors (Lipinski definition) is 2. The van der Waals surface area contributed by atoms with Gasteiger partial charge in [0.15, 0.2) is 0 Å². The van der Waals surface area contributed by atoms with E-state index in [1.54, 1.807) is 26.0 Å². The Balaban J connectivity index is 2.61. The standard InChI is InChI=1S/C20H22N2O4/c1-5-11-21-19(24)18(23)17-16(14-9-7-12(3)8-10-14)15(13(4)22-17)20(25)26-6-2/h5,7-10,22H,1,6,11H2,2-4H3,(H,21,24). The molecule has 1 aromatic carbocycles. The van der Waals surface area contributed by atoms with Crippen molar-refractivity contribution in [3.05, 3.63) is 59.4 Å². The van der Waals surface area contributed by atoms with E-state index < -0.39 is 17.7 Å². The molecule has 1 aromatic heterocycles. The van der Waals surface area contributed by atoms with E-state index in [1.165, 1.54) is 6.08 Å². The molecule has 6 heteroatoms. The molecule has 0 atom stereocenters. The van der Waals surface area contributed by atoms with Gasteiger partial charge in [-0.2, -0.15) is 0 Å². The Hall–Kier alpha value is -3.15. The van der Waals surface area contributed by atoms with Gasteiger partial charge in [-0.15, -0.1) is 6.58 Å². The van der Waals surface area contributed by atoms with Crippen molar-refractivity contribution >= 4 is 17.7 Å². The summed E-state index contributed by atoms with van der Waals surface area (Å²) in [5.74, 6) is -2.06. The van der Waals surface area contributed by atoms with Gasteiger partial charge in [0, 0.05) is 17.8 Å². The van der Waals surface area contributed by atoms with Crippen molar-refractivity contribution in [3.8, 4) is 11.1 Å². The quantitative estimate of drug-likeness (QED) is 0.346. The molecule has 136 valence electrons. The summed E-state index contributed by atoms with van der Waals surface area (Å²) in [7, 11) is 0. The number of aromatic nitrogens is 1.